The van der Waals surface area contributed by atoms with Crippen molar-refractivity contribution in [3.05, 3.63) is 54.2 Å². The van der Waals surface area contributed by atoms with Crippen molar-refractivity contribution in [3.8, 4) is 29.5 Å². The average Bonchev–Trinajstić information content (AvgIpc) is 2.98. The Labute approximate surface area is 109 Å². The summed E-state index contributed by atoms with van der Waals surface area (Å²) in [7, 11) is 0. The Bertz CT molecular complexity index is 723. The first-order chi connectivity index (χ1) is 9.36. The predicted octanol–water partition coefficient (Wildman–Crippen LogP) is 1.71. The van der Waals surface area contributed by atoms with Crippen LogP contribution < -0.4 is 0 Å². The highest BCUT2D eigenvalue weighted by atomic mass is 15.6. The maximum absolute atomic E-state index is 5.31. The van der Waals surface area contributed by atoms with E-state index in [1.54, 1.807) is 6.20 Å². The minimum atomic E-state index is 0.488. The van der Waals surface area contributed by atoms with Gasteiger partial charge in [-0.25, -0.2) is 0 Å². The Morgan fingerprint density at radius 2 is 1.89 bits per heavy atom. The Morgan fingerprint density at radius 3 is 2.58 bits per heavy atom. The third kappa shape index (κ3) is 2.19. The van der Waals surface area contributed by atoms with Gasteiger partial charge < -0.3 is 0 Å². The molecule has 0 aliphatic heterocycles. The average molecular weight is 247 g/mol. The molecule has 0 bridgehead atoms. The summed E-state index contributed by atoms with van der Waals surface area (Å²) < 4.78 is 0. The lowest BCUT2D eigenvalue weighted by molar-refractivity contribution is 0.720. The number of rotatable bonds is 2. The van der Waals surface area contributed by atoms with E-state index in [-0.39, 0.29) is 0 Å². The van der Waals surface area contributed by atoms with Crippen LogP contribution in [0.3, 0.4) is 0 Å². The van der Waals surface area contributed by atoms with E-state index in [0.717, 1.165) is 11.3 Å². The van der Waals surface area contributed by atoms with E-state index >= 15 is 0 Å². The largest absolute Gasteiger partial charge is 0.253 e. The van der Waals surface area contributed by atoms with Crippen molar-refractivity contribution in [1.29, 1.82) is 0 Å². The van der Waals surface area contributed by atoms with Crippen LogP contribution in [0.25, 0.3) is 17.2 Å². The van der Waals surface area contributed by atoms with Gasteiger partial charge in [0.25, 0.3) is 0 Å². The molecule has 0 fully saturated rings. The molecule has 0 unspecified atom stereocenters. The second kappa shape index (κ2) is 4.70. The summed E-state index contributed by atoms with van der Waals surface area (Å²) in [6, 6.07) is 12.9. The summed E-state index contributed by atoms with van der Waals surface area (Å²) in [6.45, 7) is 0. The standard InChI is InChI=1S/C14H9N5/c1-2-11-6-8-12(9-7-11)19-17-14(16-18-19)13-5-3-4-10-15-13/h1,3-10H. The zero-order chi connectivity index (χ0) is 13.1. The van der Waals surface area contributed by atoms with Crippen LogP contribution in [0, 0.1) is 12.3 Å². The lowest BCUT2D eigenvalue weighted by Gasteiger charge is -1.97. The van der Waals surface area contributed by atoms with E-state index in [1.807, 2.05) is 42.5 Å². The molecular formula is C14H9N5. The Kier molecular flexibility index (Phi) is 2.75. The van der Waals surface area contributed by atoms with Crippen molar-refractivity contribution in [2.24, 2.45) is 0 Å². The van der Waals surface area contributed by atoms with E-state index in [0.29, 0.717) is 11.5 Å². The van der Waals surface area contributed by atoms with Crippen molar-refractivity contribution in [2.75, 3.05) is 0 Å². The fourth-order valence-electron chi connectivity index (χ4n) is 1.61. The number of pyridine rings is 1. The minimum absolute atomic E-state index is 0.488. The third-order valence-corrected chi connectivity index (χ3v) is 2.57. The van der Waals surface area contributed by atoms with Crippen LogP contribution in [0.15, 0.2) is 48.7 Å². The van der Waals surface area contributed by atoms with Gasteiger partial charge in [-0.3, -0.25) is 4.98 Å². The van der Waals surface area contributed by atoms with E-state index in [4.69, 9.17) is 6.42 Å². The molecule has 0 saturated carbocycles. The number of tetrazole rings is 1. The molecule has 90 valence electrons. The Balaban J connectivity index is 1.95. The first-order valence-electron chi connectivity index (χ1n) is 5.65. The summed E-state index contributed by atoms with van der Waals surface area (Å²) in [4.78, 5) is 5.63. The molecule has 0 N–H and O–H groups in total. The quantitative estimate of drug-likeness (QED) is 0.647. The van der Waals surface area contributed by atoms with Crippen LogP contribution in [-0.4, -0.2) is 25.2 Å². The van der Waals surface area contributed by atoms with Crippen molar-refractivity contribution < 1.29 is 0 Å². The van der Waals surface area contributed by atoms with Crippen LogP contribution in [0.2, 0.25) is 0 Å². The van der Waals surface area contributed by atoms with Gasteiger partial charge in [0.15, 0.2) is 0 Å². The fourth-order valence-corrected chi connectivity index (χ4v) is 1.61. The van der Waals surface area contributed by atoms with Gasteiger partial charge in [0, 0.05) is 11.8 Å². The van der Waals surface area contributed by atoms with Gasteiger partial charge in [0.2, 0.25) is 5.82 Å². The molecule has 0 aliphatic rings. The second-order valence-corrected chi connectivity index (χ2v) is 3.81. The van der Waals surface area contributed by atoms with Gasteiger partial charge in [-0.2, -0.15) is 0 Å². The summed E-state index contributed by atoms with van der Waals surface area (Å²) in [5.74, 6) is 3.05. The van der Waals surface area contributed by atoms with Crippen molar-refractivity contribution in [3.63, 3.8) is 0 Å². The molecule has 19 heavy (non-hydrogen) atoms. The topological polar surface area (TPSA) is 56.5 Å². The third-order valence-electron chi connectivity index (χ3n) is 2.57. The summed E-state index contributed by atoms with van der Waals surface area (Å²) in [6.07, 6.45) is 7.00. The molecule has 0 amide bonds. The number of nitrogens with zero attached hydrogens (tertiary/aromatic N) is 5. The number of terminal acetylenes is 1. The van der Waals surface area contributed by atoms with E-state index < -0.39 is 0 Å². The molecule has 3 aromatic rings. The van der Waals surface area contributed by atoms with E-state index in [2.05, 4.69) is 26.3 Å². The summed E-state index contributed by atoms with van der Waals surface area (Å²) in [5, 5.41) is 12.3. The lowest BCUT2D eigenvalue weighted by Crippen LogP contribution is -1.98. The van der Waals surface area contributed by atoms with Crippen molar-refractivity contribution in [2.45, 2.75) is 0 Å². The molecule has 2 heterocycles. The molecular weight excluding hydrogens is 238 g/mol. The Morgan fingerprint density at radius 1 is 1.05 bits per heavy atom. The number of aromatic nitrogens is 5. The van der Waals surface area contributed by atoms with Crippen LogP contribution in [-0.2, 0) is 0 Å². The number of benzene rings is 1. The predicted molar refractivity (Wildman–Crippen MR) is 70.3 cm³/mol. The fraction of sp³-hybridized carbons (Fsp3) is 0. The first kappa shape index (κ1) is 11.1. The van der Waals surface area contributed by atoms with Crippen LogP contribution in [0.4, 0.5) is 0 Å². The van der Waals surface area contributed by atoms with Gasteiger partial charge in [-0.15, -0.1) is 21.4 Å². The molecule has 0 spiro atoms. The molecule has 1 aromatic carbocycles. The maximum atomic E-state index is 5.31. The monoisotopic (exact) mass is 247 g/mol. The van der Waals surface area contributed by atoms with E-state index in [9.17, 15) is 0 Å². The maximum Gasteiger partial charge on any atom is 0.223 e. The van der Waals surface area contributed by atoms with E-state index in [1.165, 1.54) is 4.80 Å². The molecule has 0 saturated heterocycles. The molecule has 5 heteroatoms. The van der Waals surface area contributed by atoms with Gasteiger partial charge in [0.05, 0.1) is 5.69 Å². The highest BCUT2D eigenvalue weighted by Crippen LogP contribution is 2.11. The number of hydrogen-bond donors (Lipinski definition) is 0. The lowest BCUT2D eigenvalue weighted by atomic mass is 10.2. The van der Waals surface area contributed by atoms with Gasteiger partial charge in [-0.05, 0) is 41.6 Å². The zero-order valence-corrected chi connectivity index (χ0v) is 9.93. The molecule has 0 aliphatic carbocycles. The normalized spacial score (nSPS) is 10.1. The van der Waals surface area contributed by atoms with Gasteiger partial charge in [-0.1, -0.05) is 12.0 Å². The second-order valence-electron chi connectivity index (χ2n) is 3.81. The molecule has 2 aromatic heterocycles. The number of hydrogen-bond acceptors (Lipinski definition) is 4. The molecule has 3 rings (SSSR count). The van der Waals surface area contributed by atoms with Crippen LogP contribution >= 0.6 is 0 Å². The summed E-state index contributed by atoms with van der Waals surface area (Å²) in [5.41, 5.74) is 2.30. The van der Waals surface area contributed by atoms with Crippen LogP contribution in [0.5, 0.6) is 0 Å². The first-order valence-corrected chi connectivity index (χ1v) is 5.65. The highest BCUT2D eigenvalue weighted by molar-refractivity contribution is 5.47. The SMILES string of the molecule is C#Cc1ccc(-n2nnc(-c3ccccn3)n2)cc1. The molecule has 0 atom stereocenters. The van der Waals surface area contributed by atoms with Gasteiger partial charge >= 0.3 is 0 Å². The molecule has 5 nitrogen and oxygen atoms in total. The van der Waals surface area contributed by atoms with Gasteiger partial charge in [0.1, 0.15) is 5.69 Å². The molecule has 0 radical (unpaired) electrons. The minimum Gasteiger partial charge on any atom is -0.253 e. The van der Waals surface area contributed by atoms with Crippen molar-refractivity contribution >= 4 is 0 Å². The van der Waals surface area contributed by atoms with Crippen molar-refractivity contribution in [1.82, 2.24) is 25.2 Å². The zero-order valence-electron chi connectivity index (χ0n) is 9.93. The van der Waals surface area contributed by atoms with Crippen LogP contribution in [0.1, 0.15) is 5.56 Å². The smallest absolute Gasteiger partial charge is 0.223 e. The summed E-state index contributed by atoms with van der Waals surface area (Å²) >= 11 is 0. The highest BCUT2D eigenvalue weighted by Gasteiger charge is 2.07. The Hall–Kier alpha value is -3.00.